The number of hydrogen-bond acceptors (Lipinski definition) is 7. The SMILES string of the molecule is COC(=O)Oc1c(C/C=C(\C)CCC(=O)O)c(OC)c(C)c2c1C(=O)OC2. The van der Waals surface area contributed by atoms with Gasteiger partial charge in [-0.1, -0.05) is 11.6 Å². The second-order valence-corrected chi connectivity index (χ2v) is 6.10. The lowest BCUT2D eigenvalue weighted by atomic mass is 9.94. The molecule has 1 heterocycles. The Bertz CT molecular complexity index is 807. The van der Waals surface area contributed by atoms with Crippen LogP contribution in [-0.2, 0) is 27.3 Å². The zero-order chi connectivity index (χ0) is 20.1. The monoisotopic (exact) mass is 378 g/mol. The summed E-state index contributed by atoms with van der Waals surface area (Å²) in [5, 5.41) is 8.80. The first-order valence-electron chi connectivity index (χ1n) is 8.32. The van der Waals surface area contributed by atoms with Crippen LogP contribution in [0, 0.1) is 6.92 Å². The maximum absolute atomic E-state index is 12.2. The van der Waals surface area contributed by atoms with Crippen LogP contribution in [0.1, 0.15) is 46.8 Å². The van der Waals surface area contributed by atoms with Crippen molar-refractivity contribution in [1.29, 1.82) is 0 Å². The summed E-state index contributed by atoms with van der Waals surface area (Å²) in [7, 11) is 2.65. The number of aliphatic carboxylic acids is 1. The molecule has 0 atom stereocenters. The van der Waals surface area contributed by atoms with Gasteiger partial charge >= 0.3 is 18.1 Å². The number of carbonyl (C=O) groups excluding carboxylic acids is 2. The second-order valence-electron chi connectivity index (χ2n) is 6.10. The van der Waals surface area contributed by atoms with Gasteiger partial charge in [0, 0.05) is 17.5 Å². The maximum Gasteiger partial charge on any atom is 0.513 e. The average Bonchev–Trinajstić information content (AvgIpc) is 3.02. The van der Waals surface area contributed by atoms with Crippen molar-refractivity contribution < 1.29 is 38.4 Å². The summed E-state index contributed by atoms with van der Waals surface area (Å²) >= 11 is 0. The zero-order valence-corrected chi connectivity index (χ0v) is 15.7. The topological polar surface area (TPSA) is 108 Å². The van der Waals surface area contributed by atoms with E-state index in [0.29, 0.717) is 23.3 Å². The summed E-state index contributed by atoms with van der Waals surface area (Å²) in [5.74, 6) is -0.939. The Balaban J connectivity index is 2.53. The number of benzene rings is 1. The van der Waals surface area contributed by atoms with Gasteiger partial charge in [0.25, 0.3) is 0 Å². The van der Waals surface area contributed by atoms with Crippen molar-refractivity contribution in [3.05, 3.63) is 33.9 Å². The van der Waals surface area contributed by atoms with Gasteiger partial charge in [-0.15, -0.1) is 0 Å². The fourth-order valence-electron chi connectivity index (χ4n) is 2.93. The number of esters is 1. The highest BCUT2D eigenvalue weighted by Crippen LogP contribution is 2.43. The van der Waals surface area contributed by atoms with Gasteiger partial charge in [-0.2, -0.15) is 0 Å². The minimum Gasteiger partial charge on any atom is -0.496 e. The zero-order valence-electron chi connectivity index (χ0n) is 15.7. The molecule has 8 nitrogen and oxygen atoms in total. The van der Waals surface area contributed by atoms with Crippen LogP contribution in [0.25, 0.3) is 0 Å². The van der Waals surface area contributed by atoms with Gasteiger partial charge in [0.2, 0.25) is 0 Å². The molecule has 0 saturated heterocycles. The molecule has 1 aromatic carbocycles. The Morgan fingerprint density at radius 2 is 1.93 bits per heavy atom. The molecule has 0 spiro atoms. The smallest absolute Gasteiger partial charge is 0.496 e. The fourth-order valence-corrected chi connectivity index (χ4v) is 2.93. The molecule has 0 bridgehead atoms. The van der Waals surface area contributed by atoms with Crippen LogP contribution < -0.4 is 9.47 Å². The first-order valence-corrected chi connectivity index (χ1v) is 8.32. The van der Waals surface area contributed by atoms with E-state index in [1.54, 1.807) is 6.92 Å². The molecule has 146 valence electrons. The Hall–Kier alpha value is -3.03. The van der Waals surface area contributed by atoms with Gasteiger partial charge in [-0.3, -0.25) is 4.79 Å². The Morgan fingerprint density at radius 1 is 1.22 bits per heavy atom. The summed E-state index contributed by atoms with van der Waals surface area (Å²) < 4.78 is 20.4. The largest absolute Gasteiger partial charge is 0.513 e. The number of hydrogen-bond donors (Lipinski definition) is 1. The van der Waals surface area contributed by atoms with Gasteiger partial charge in [-0.05, 0) is 32.3 Å². The molecule has 0 radical (unpaired) electrons. The number of methoxy groups -OCH3 is 2. The lowest BCUT2D eigenvalue weighted by Crippen LogP contribution is -2.14. The van der Waals surface area contributed by atoms with Crippen molar-refractivity contribution in [1.82, 2.24) is 0 Å². The van der Waals surface area contributed by atoms with E-state index in [2.05, 4.69) is 4.74 Å². The van der Waals surface area contributed by atoms with Crippen LogP contribution in [0.5, 0.6) is 11.5 Å². The molecule has 0 fully saturated rings. The normalized spacial score (nSPS) is 13.0. The molecule has 8 heteroatoms. The number of ether oxygens (including phenoxy) is 4. The van der Waals surface area contributed by atoms with Crippen LogP contribution in [0.4, 0.5) is 4.79 Å². The Morgan fingerprint density at radius 3 is 2.52 bits per heavy atom. The van der Waals surface area contributed by atoms with Crippen molar-refractivity contribution in [2.75, 3.05) is 14.2 Å². The van der Waals surface area contributed by atoms with E-state index in [0.717, 1.165) is 11.1 Å². The molecule has 1 aromatic rings. The number of carbonyl (C=O) groups is 3. The molecule has 0 aliphatic carbocycles. The summed E-state index contributed by atoms with van der Waals surface area (Å²) in [6.45, 7) is 3.68. The fraction of sp³-hybridized carbons (Fsp3) is 0.421. The van der Waals surface area contributed by atoms with Gasteiger partial charge < -0.3 is 24.1 Å². The third-order valence-electron chi connectivity index (χ3n) is 4.37. The van der Waals surface area contributed by atoms with E-state index in [-0.39, 0.29) is 30.8 Å². The summed E-state index contributed by atoms with van der Waals surface area (Å²) in [6.07, 6.45) is 1.53. The number of rotatable bonds is 7. The van der Waals surface area contributed by atoms with E-state index < -0.39 is 18.1 Å². The molecule has 0 saturated carbocycles. The molecular weight excluding hydrogens is 356 g/mol. The average molecular weight is 378 g/mol. The predicted octanol–water partition coefficient (Wildman–Crippen LogP) is 3.17. The number of fused-ring (bicyclic) bond motifs is 1. The molecule has 27 heavy (non-hydrogen) atoms. The highest BCUT2D eigenvalue weighted by Gasteiger charge is 2.34. The second kappa shape index (κ2) is 8.57. The third-order valence-corrected chi connectivity index (χ3v) is 4.37. The van der Waals surface area contributed by atoms with Gasteiger partial charge in [0.1, 0.15) is 17.9 Å². The molecule has 1 aliphatic heterocycles. The lowest BCUT2D eigenvalue weighted by molar-refractivity contribution is -0.136. The molecule has 0 amide bonds. The quantitative estimate of drug-likeness (QED) is 0.438. The van der Waals surface area contributed by atoms with Crippen molar-refractivity contribution in [3.63, 3.8) is 0 Å². The molecule has 2 rings (SSSR count). The van der Waals surface area contributed by atoms with Crippen LogP contribution in [0.3, 0.4) is 0 Å². The van der Waals surface area contributed by atoms with Crippen LogP contribution >= 0.6 is 0 Å². The van der Waals surface area contributed by atoms with Gasteiger partial charge in [0.05, 0.1) is 14.2 Å². The number of carboxylic acids is 1. The van der Waals surface area contributed by atoms with Crippen LogP contribution in [-0.4, -0.2) is 37.4 Å². The van der Waals surface area contributed by atoms with Crippen LogP contribution in [0.15, 0.2) is 11.6 Å². The minimum absolute atomic E-state index is 0.0144. The number of carboxylic acid groups (broad SMARTS) is 1. The van der Waals surface area contributed by atoms with Crippen molar-refractivity contribution in [2.45, 2.75) is 39.7 Å². The maximum atomic E-state index is 12.2. The molecule has 1 N–H and O–H groups in total. The molecule has 1 aliphatic rings. The summed E-state index contributed by atoms with van der Waals surface area (Å²) in [6, 6.07) is 0. The molecular formula is C19H22O8. The van der Waals surface area contributed by atoms with Crippen molar-refractivity contribution >= 4 is 18.1 Å². The van der Waals surface area contributed by atoms with E-state index in [1.165, 1.54) is 14.2 Å². The van der Waals surface area contributed by atoms with Crippen LogP contribution in [0.2, 0.25) is 0 Å². The standard InChI is InChI=1S/C19H22O8/c1-10(6-8-14(20)21)5-7-12-16(24-3)11(2)13-9-26-18(22)15(13)17(12)27-19(23)25-4/h5H,6-9H2,1-4H3,(H,20,21)/b10-5+. The van der Waals surface area contributed by atoms with Gasteiger partial charge in [0.15, 0.2) is 5.75 Å². The van der Waals surface area contributed by atoms with E-state index >= 15 is 0 Å². The Labute approximate surface area is 156 Å². The predicted molar refractivity (Wildman–Crippen MR) is 94.2 cm³/mol. The summed E-state index contributed by atoms with van der Waals surface area (Å²) in [4.78, 5) is 34.6. The lowest BCUT2D eigenvalue weighted by Gasteiger charge is -2.18. The van der Waals surface area contributed by atoms with Crippen molar-refractivity contribution in [2.24, 2.45) is 0 Å². The first-order chi connectivity index (χ1) is 12.8. The highest BCUT2D eigenvalue weighted by atomic mass is 16.7. The van der Waals surface area contributed by atoms with E-state index in [9.17, 15) is 14.4 Å². The van der Waals surface area contributed by atoms with Crippen molar-refractivity contribution in [3.8, 4) is 11.5 Å². The highest BCUT2D eigenvalue weighted by molar-refractivity contribution is 5.98. The number of cyclic esters (lactones) is 1. The minimum atomic E-state index is -0.962. The van der Waals surface area contributed by atoms with E-state index in [1.807, 2.05) is 13.0 Å². The first kappa shape index (κ1) is 20.3. The Kier molecular flexibility index (Phi) is 6.44. The molecule has 0 unspecified atom stereocenters. The van der Waals surface area contributed by atoms with E-state index in [4.69, 9.17) is 19.3 Å². The summed E-state index contributed by atoms with van der Waals surface area (Å²) in [5.41, 5.74) is 2.86. The van der Waals surface area contributed by atoms with Gasteiger partial charge in [-0.25, -0.2) is 9.59 Å². The third kappa shape index (κ3) is 4.39. The molecule has 0 aromatic heterocycles. The number of allylic oxidation sites excluding steroid dienone is 2.